The van der Waals surface area contributed by atoms with Crippen LogP contribution in [-0.2, 0) is 4.74 Å². The maximum absolute atomic E-state index is 11.8. The summed E-state index contributed by atoms with van der Waals surface area (Å²) in [5, 5.41) is 3.31. The molecule has 0 aromatic rings. The third-order valence-electron chi connectivity index (χ3n) is 3.52. The Morgan fingerprint density at radius 3 is 2.82 bits per heavy atom. The van der Waals surface area contributed by atoms with Crippen molar-refractivity contribution in [3.63, 3.8) is 0 Å². The first-order valence-corrected chi connectivity index (χ1v) is 6.18. The molecule has 0 aliphatic carbocycles. The molecule has 100 valence electrons. The highest BCUT2D eigenvalue weighted by Crippen LogP contribution is 2.27. The van der Waals surface area contributed by atoms with Crippen LogP contribution in [0.1, 0.15) is 19.3 Å². The predicted octanol–water partition coefficient (Wildman–Crippen LogP) is 1.39. The van der Waals surface area contributed by atoms with Crippen LogP contribution in [0.15, 0.2) is 0 Å². The van der Waals surface area contributed by atoms with Gasteiger partial charge in [-0.25, -0.2) is 0 Å². The van der Waals surface area contributed by atoms with Crippen LogP contribution < -0.4 is 5.32 Å². The number of fused-ring (bicyclic) bond motifs is 1. The lowest BCUT2D eigenvalue weighted by molar-refractivity contribution is -0.173. The zero-order valence-corrected chi connectivity index (χ0v) is 9.80. The van der Waals surface area contributed by atoms with Crippen molar-refractivity contribution in [2.45, 2.75) is 37.5 Å². The van der Waals surface area contributed by atoms with Crippen molar-refractivity contribution in [2.75, 3.05) is 32.8 Å². The molecule has 0 saturated carbocycles. The molecule has 2 unspecified atom stereocenters. The maximum Gasteiger partial charge on any atom is 0.411 e. The highest BCUT2D eigenvalue weighted by atomic mass is 19.4. The molecule has 2 saturated heterocycles. The van der Waals surface area contributed by atoms with Gasteiger partial charge in [-0.1, -0.05) is 0 Å². The van der Waals surface area contributed by atoms with Gasteiger partial charge in [0.1, 0.15) is 6.61 Å². The van der Waals surface area contributed by atoms with E-state index in [0.717, 1.165) is 13.0 Å². The van der Waals surface area contributed by atoms with E-state index in [-0.39, 0.29) is 6.61 Å². The first-order chi connectivity index (χ1) is 8.06. The number of nitrogens with zero attached hydrogens (tertiary/aromatic N) is 1. The van der Waals surface area contributed by atoms with Gasteiger partial charge in [0.25, 0.3) is 0 Å². The van der Waals surface area contributed by atoms with Gasteiger partial charge >= 0.3 is 6.18 Å². The number of hydrogen-bond acceptors (Lipinski definition) is 3. The van der Waals surface area contributed by atoms with Gasteiger partial charge in [-0.2, -0.15) is 13.2 Å². The molecule has 2 fully saturated rings. The fraction of sp³-hybridized carbons (Fsp3) is 1.00. The van der Waals surface area contributed by atoms with Gasteiger partial charge < -0.3 is 10.1 Å². The van der Waals surface area contributed by atoms with Crippen LogP contribution in [0.25, 0.3) is 0 Å². The fourth-order valence-electron chi connectivity index (χ4n) is 2.82. The van der Waals surface area contributed by atoms with Crippen LogP contribution in [0.3, 0.4) is 0 Å². The summed E-state index contributed by atoms with van der Waals surface area (Å²) < 4.78 is 40.0. The second-order valence-electron chi connectivity index (χ2n) is 4.76. The Kier molecular flexibility index (Phi) is 4.27. The second kappa shape index (κ2) is 5.54. The minimum Gasteiger partial charge on any atom is -0.371 e. The van der Waals surface area contributed by atoms with Gasteiger partial charge in [0.2, 0.25) is 0 Å². The summed E-state index contributed by atoms with van der Waals surface area (Å²) in [5.74, 6) is 0. The molecule has 6 heteroatoms. The fourth-order valence-corrected chi connectivity index (χ4v) is 2.82. The molecule has 2 aliphatic rings. The minimum atomic E-state index is -4.21. The topological polar surface area (TPSA) is 24.5 Å². The summed E-state index contributed by atoms with van der Waals surface area (Å²) in [6.07, 6.45) is -0.659. The molecule has 0 spiro atoms. The Morgan fingerprint density at radius 1 is 1.24 bits per heavy atom. The van der Waals surface area contributed by atoms with Gasteiger partial charge in [-0.3, -0.25) is 4.90 Å². The first kappa shape index (κ1) is 13.1. The molecule has 0 amide bonds. The zero-order chi connectivity index (χ0) is 12.3. The lowest BCUT2D eigenvalue weighted by Gasteiger charge is -2.21. The normalized spacial score (nSPS) is 29.8. The van der Waals surface area contributed by atoms with Gasteiger partial charge in [0.15, 0.2) is 0 Å². The van der Waals surface area contributed by atoms with E-state index < -0.39 is 12.8 Å². The Labute approximate surface area is 99.3 Å². The smallest absolute Gasteiger partial charge is 0.371 e. The van der Waals surface area contributed by atoms with E-state index >= 15 is 0 Å². The molecule has 3 nitrogen and oxygen atoms in total. The van der Waals surface area contributed by atoms with Crippen LogP contribution in [0.4, 0.5) is 13.2 Å². The number of hydrogen-bond donors (Lipinski definition) is 1. The summed E-state index contributed by atoms with van der Waals surface area (Å²) in [7, 11) is 0. The van der Waals surface area contributed by atoms with Crippen LogP contribution in [0.2, 0.25) is 0 Å². The van der Waals surface area contributed by atoms with Crippen molar-refractivity contribution in [1.29, 1.82) is 0 Å². The Morgan fingerprint density at radius 2 is 2.06 bits per heavy atom. The second-order valence-corrected chi connectivity index (χ2v) is 4.76. The summed E-state index contributed by atoms with van der Waals surface area (Å²) in [4.78, 5) is 2.47. The molecule has 17 heavy (non-hydrogen) atoms. The van der Waals surface area contributed by atoms with Gasteiger partial charge in [-0.15, -0.1) is 0 Å². The summed E-state index contributed by atoms with van der Waals surface area (Å²) in [6, 6.07) is 1.03. The monoisotopic (exact) mass is 252 g/mol. The van der Waals surface area contributed by atoms with E-state index in [4.69, 9.17) is 0 Å². The largest absolute Gasteiger partial charge is 0.411 e. The average Bonchev–Trinajstić information content (AvgIpc) is 2.79. The number of halogens is 3. The number of nitrogens with one attached hydrogen (secondary N) is 1. The van der Waals surface area contributed by atoms with E-state index in [0.29, 0.717) is 18.6 Å². The SMILES string of the molecule is FC(F)(F)COCCNC1CCN2CCCC12. The molecule has 0 aromatic carbocycles. The molecule has 0 bridgehead atoms. The van der Waals surface area contributed by atoms with Crippen molar-refractivity contribution in [3.05, 3.63) is 0 Å². The third kappa shape index (κ3) is 3.82. The molecule has 1 N–H and O–H groups in total. The van der Waals surface area contributed by atoms with Crippen LogP contribution >= 0.6 is 0 Å². The molecule has 2 rings (SSSR count). The quantitative estimate of drug-likeness (QED) is 0.748. The number of ether oxygens (including phenoxy) is 1. The highest BCUT2D eigenvalue weighted by molar-refractivity contribution is 4.95. The molecular weight excluding hydrogens is 233 g/mol. The Bertz CT molecular complexity index is 247. The molecule has 0 radical (unpaired) electrons. The standard InChI is InChI=1S/C11H19F3N2O/c12-11(13,14)8-17-7-4-15-9-3-6-16-5-1-2-10(9)16/h9-10,15H,1-8H2. The minimum absolute atomic E-state index is 0.128. The van der Waals surface area contributed by atoms with Crippen molar-refractivity contribution in [3.8, 4) is 0 Å². The van der Waals surface area contributed by atoms with Crippen molar-refractivity contribution in [2.24, 2.45) is 0 Å². The summed E-state index contributed by atoms with van der Waals surface area (Å²) >= 11 is 0. The van der Waals surface area contributed by atoms with Crippen LogP contribution in [-0.4, -0.2) is 56.0 Å². The zero-order valence-electron chi connectivity index (χ0n) is 9.80. The van der Waals surface area contributed by atoms with Crippen LogP contribution in [0, 0.1) is 0 Å². The van der Waals surface area contributed by atoms with Gasteiger partial charge in [-0.05, 0) is 25.8 Å². The average molecular weight is 252 g/mol. The van der Waals surface area contributed by atoms with E-state index in [9.17, 15) is 13.2 Å². The lowest BCUT2D eigenvalue weighted by Crippen LogP contribution is -2.40. The summed E-state index contributed by atoms with van der Waals surface area (Å²) in [6.45, 7) is 1.78. The number of alkyl halides is 3. The highest BCUT2D eigenvalue weighted by Gasteiger charge is 2.36. The third-order valence-corrected chi connectivity index (χ3v) is 3.52. The number of rotatable bonds is 5. The Hall–Kier alpha value is -0.330. The van der Waals surface area contributed by atoms with Gasteiger partial charge in [0.05, 0.1) is 6.61 Å². The predicted molar refractivity (Wildman–Crippen MR) is 57.9 cm³/mol. The van der Waals surface area contributed by atoms with E-state index in [1.54, 1.807) is 0 Å². The maximum atomic E-state index is 11.8. The summed E-state index contributed by atoms with van der Waals surface area (Å²) in [5.41, 5.74) is 0. The van der Waals surface area contributed by atoms with E-state index in [1.807, 2.05) is 0 Å². The van der Waals surface area contributed by atoms with E-state index in [2.05, 4.69) is 15.0 Å². The lowest BCUT2D eigenvalue weighted by atomic mass is 10.1. The first-order valence-electron chi connectivity index (χ1n) is 6.18. The van der Waals surface area contributed by atoms with Crippen LogP contribution in [0.5, 0.6) is 0 Å². The Balaban J connectivity index is 1.57. The van der Waals surface area contributed by atoms with E-state index in [1.165, 1.54) is 19.4 Å². The van der Waals surface area contributed by atoms with Crippen molar-refractivity contribution >= 4 is 0 Å². The van der Waals surface area contributed by atoms with Crippen molar-refractivity contribution < 1.29 is 17.9 Å². The molecule has 2 atom stereocenters. The molecule has 2 aliphatic heterocycles. The molecule has 0 aromatic heterocycles. The molecule has 2 heterocycles. The molecular formula is C11H19F3N2O. The van der Waals surface area contributed by atoms with Crippen molar-refractivity contribution in [1.82, 2.24) is 10.2 Å². The van der Waals surface area contributed by atoms with Gasteiger partial charge in [0, 0.05) is 25.2 Å².